The number of rotatable bonds is 1. The fourth-order valence-electron chi connectivity index (χ4n) is 2.12. The average Bonchev–Trinajstić information content (AvgIpc) is 2.55. The molecule has 0 aliphatic heterocycles. The van der Waals surface area contributed by atoms with Crippen molar-refractivity contribution >= 4 is 5.65 Å². The molecule has 2 heterocycles. The summed E-state index contributed by atoms with van der Waals surface area (Å²) in [5.74, 6) is 0. The Kier molecular flexibility index (Phi) is 2.74. The van der Waals surface area contributed by atoms with Crippen LogP contribution in [0.25, 0.3) is 5.65 Å². The van der Waals surface area contributed by atoms with Gasteiger partial charge in [-0.3, -0.25) is 0 Å². The van der Waals surface area contributed by atoms with E-state index in [4.69, 9.17) is 0 Å². The molecule has 2 aromatic rings. The molecule has 0 aliphatic rings. The van der Waals surface area contributed by atoms with Crippen LogP contribution in [0.15, 0.2) is 18.3 Å². The molecule has 2 rings (SSSR count). The summed E-state index contributed by atoms with van der Waals surface area (Å²) in [5, 5.41) is 9.96. The highest BCUT2D eigenvalue weighted by atomic mass is 16.3. The standard InChI is InChI=1S/C14H20N2O/c1-9-6-7-16-11(8-9)15-13(14(3,4)5)12(16)10(2)17/h6-8,10,17H,1-5H3. The van der Waals surface area contributed by atoms with Gasteiger partial charge in [0.15, 0.2) is 0 Å². The van der Waals surface area contributed by atoms with Crippen molar-refractivity contribution in [2.24, 2.45) is 0 Å². The zero-order valence-corrected chi connectivity index (χ0v) is 11.2. The highest BCUT2D eigenvalue weighted by Crippen LogP contribution is 2.30. The minimum Gasteiger partial charge on any atom is -0.387 e. The number of pyridine rings is 1. The maximum absolute atomic E-state index is 9.96. The van der Waals surface area contributed by atoms with Crippen LogP contribution >= 0.6 is 0 Å². The maximum Gasteiger partial charge on any atom is 0.137 e. The number of aliphatic hydroxyl groups is 1. The summed E-state index contributed by atoms with van der Waals surface area (Å²) in [6.07, 6.45) is 1.47. The van der Waals surface area contributed by atoms with Crippen molar-refractivity contribution in [2.45, 2.75) is 46.1 Å². The first-order valence-electron chi connectivity index (χ1n) is 5.98. The Hall–Kier alpha value is -1.35. The number of nitrogens with zero attached hydrogens (tertiary/aromatic N) is 2. The van der Waals surface area contributed by atoms with E-state index >= 15 is 0 Å². The molecule has 1 atom stereocenters. The number of imidazole rings is 1. The Bertz CT molecular complexity index is 547. The quantitative estimate of drug-likeness (QED) is 0.820. The Labute approximate surface area is 102 Å². The van der Waals surface area contributed by atoms with Crippen LogP contribution in [-0.4, -0.2) is 14.5 Å². The van der Waals surface area contributed by atoms with Gasteiger partial charge in [-0.25, -0.2) is 4.98 Å². The maximum atomic E-state index is 9.96. The highest BCUT2D eigenvalue weighted by molar-refractivity contribution is 5.47. The smallest absolute Gasteiger partial charge is 0.137 e. The van der Waals surface area contributed by atoms with Crippen molar-refractivity contribution < 1.29 is 5.11 Å². The van der Waals surface area contributed by atoms with Gasteiger partial charge < -0.3 is 9.51 Å². The van der Waals surface area contributed by atoms with Gasteiger partial charge in [-0.05, 0) is 31.5 Å². The van der Waals surface area contributed by atoms with Crippen molar-refractivity contribution in [3.63, 3.8) is 0 Å². The molecule has 3 nitrogen and oxygen atoms in total. The molecular weight excluding hydrogens is 212 g/mol. The molecule has 1 unspecified atom stereocenters. The number of hydrogen-bond donors (Lipinski definition) is 1. The third-order valence-corrected chi connectivity index (χ3v) is 2.92. The Morgan fingerprint density at radius 1 is 1.35 bits per heavy atom. The first-order valence-corrected chi connectivity index (χ1v) is 5.98. The molecule has 0 radical (unpaired) electrons. The predicted molar refractivity (Wildman–Crippen MR) is 69.3 cm³/mol. The summed E-state index contributed by atoms with van der Waals surface area (Å²) < 4.78 is 1.98. The van der Waals surface area contributed by atoms with Crippen LogP contribution in [0.5, 0.6) is 0 Å². The van der Waals surface area contributed by atoms with Gasteiger partial charge in [-0.2, -0.15) is 0 Å². The fourth-order valence-corrected chi connectivity index (χ4v) is 2.12. The first-order chi connectivity index (χ1) is 7.80. The molecule has 0 amide bonds. The minimum atomic E-state index is -0.512. The number of hydrogen-bond acceptors (Lipinski definition) is 2. The first kappa shape index (κ1) is 12.1. The van der Waals surface area contributed by atoms with Gasteiger partial charge in [0.05, 0.1) is 17.5 Å². The SMILES string of the molecule is Cc1ccn2c(C(C)O)c(C(C)(C)C)nc2c1. The molecule has 0 spiro atoms. The van der Waals surface area contributed by atoms with E-state index in [0.717, 1.165) is 17.0 Å². The lowest BCUT2D eigenvalue weighted by Gasteiger charge is -2.19. The van der Waals surface area contributed by atoms with Crippen molar-refractivity contribution in [1.29, 1.82) is 0 Å². The van der Waals surface area contributed by atoms with Crippen molar-refractivity contribution in [1.82, 2.24) is 9.38 Å². The Morgan fingerprint density at radius 3 is 2.53 bits per heavy atom. The molecule has 17 heavy (non-hydrogen) atoms. The Balaban J connectivity index is 2.80. The van der Waals surface area contributed by atoms with Crippen LogP contribution in [0.2, 0.25) is 0 Å². The van der Waals surface area contributed by atoms with Gasteiger partial charge in [-0.15, -0.1) is 0 Å². The third kappa shape index (κ3) is 2.07. The highest BCUT2D eigenvalue weighted by Gasteiger charge is 2.25. The molecule has 0 aromatic carbocycles. The van der Waals surface area contributed by atoms with Gasteiger partial charge in [0.1, 0.15) is 5.65 Å². The molecule has 3 heteroatoms. The minimum absolute atomic E-state index is 0.0632. The van der Waals surface area contributed by atoms with Crippen molar-refractivity contribution in [3.05, 3.63) is 35.3 Å². The average molecular weight is 232 g/mol. The number of aliphatic hydroxyl groups excluding tert-OH is 1. The van der Waals surface area contributed by atoms with E-state index < -0.39 is 6.10 Å². The van der Waals surface area contributed by atoms with E-state index in [1.54, 1.807) is 6.92 Å². The fraction of sp³-hybridized carbons (Fsp3) is 0.500. The molecular formula is C14H20N2O. The second-order valence-electron chi connectivity index (χ2n) is 5.70. The van der Waals surface area contributed by atoms with Crippen LogP contribution in [0.4, 0.5) is 0 Å². The van der Waals surface area contributed by atoms with E-state index in [-0.39, 0.29) is 5.41 Å². The zero-order chi connectivity index (χ0) is 12.8. The summed E-state index contributed by atoms with van der Waals surface area (Å²) in [6.45, 7) is 10.2. The monoisotopic (exact) mass is 232 g/mol. The second-order valence-corrected chi connectivity index (χ2v) is 5.70. The molecule has 0 bridgehead atoms. The molecule has 0 saturated heterocycles. The van der Waals surface area contributed by atoms with Crippen LogP contribution in [0, 0.1) is 6.92 Å². The Morgan fingerprint density at radius 2 is 2.00 bits per heavy atom. The number of fused-ring (bicyclic) bond motifs is 1. The van der Waals surface area contributed by atoms with Crippen LogP contribution in [0.1, 0.15) is 50.8 Å². The zero-order valence-electron chi connectivity index (χ0n) is 11.2. The van der Waals surface area contributed by atoms with Crippen LogP contribution in [-0.2, 0) is 5.41 Å². The summed E-state index contributed by atoms with van der Waals surface area (Å²) in [4.78, 5) is 4.67. The lowest BCUT2D eigenvalue weighted by atomic mass is 9.89. The van der Waals surface area contributed by atoms with Crippen LogP contribution in [0.3, 0.4) is 0 Å². The summed E-state index contributed by atoms with van der Waals surface area (Å²) in [7, 11) is 0. The molecule has 0 aliphatic carbocycles. The summed E-state index contributed by atoms with van der Waals surface area (Å²) >= 11 is 0. The lowest BCUT2D eigenvalue weighted by molar-refractivity contribution is 0.190. The summed E-state index contributed by atoms with van der Waals surface area (Å²) in [6, 6.07) is 4.08. The lowest BCUT2D eigenvalue weighted by Crippen LogP contribution is -2.16. The van der Waals surface area contributed by atoms with E-state index in [9.17, 15) is 5.11 Å². The molecule has 1 N–H and O–H groups in total. The van der Waals surface area contributed by atoms with E-state index in [1.165, 1.54) is 5.56 Å². The number of aryl methyl sites for hydroxylation is 1. The van der Waals surface area contributed by atoms with E-state index in [2.05, 4.69) is 25.8 Å². The van der Waals surface area contributed by atoms with Gasteiger partial charge in [0, 0.05) is 11.6 Å². The third-order valence-electron chi connectivity index (χ3n) is 2.92. The van der Waals surface area contributed by atoms with E-state index in [0.29, 0.717) is 0 Å². The van der Waals surface area contributed by atoms with Gasteiger partial charge in [0.2, 0.25) is 0 Å². The molecule has 0 fully saturated rings. The van der Waals surface area contributed by atoms with Crippen molar-refractivity contribution in [3.8, 4) is 0 Å². The second kappa shape index (κ2) is 3.84. The molecule has 2 aromatic heterocycles. The summed E-state index contributed by atoms with van der Waals surface area (Å²) in [5.41, 5.74) is 3.89. The largest absolute Gasteiger partial charge is 0.387 e. The van der Waals surface area contributed by atoms with Crippen LogP contribution < -0.4 is 0 Å². The predicted octanol–water partition coefficient (Wildman–Crippen LogP) is 2.99. The van der Waals surface area contributed by atoms with Crippen molar-refractivity contribution in [2.75, 3.05) is 0 Å². The van der Waals surface area contributed by atoms with Gasteiger partial charge >= 0.3 is 0 Å². The topological polar surface area (TPSA) is 37.5 Å². The van der Waals surface area contributed by atoms with Gasteiger partial charge in [-0.1, -0.05) is 20.8 Å². The number of aromatic nitrogens is 2. The molecule has 92 valence electrons. The van der Waals surface area contributed by atoms with Gasteiger partial charge in [0.25, 0.3) is 0 Å². The van der Waals surface area contributed by atoms with E-state index in [1.807, 2.05) is 29.7 Å². The molecule has 0 saturated carbocycles. The normalized spacial score (nSPS) is 14.2.